The van der Waals surface area contributed by atoms with Crippen molar-refractivity contribution in [3.8, 4) is 5.75 Å². The van der Waals surface area contributed by atoms with Gasteiger partial charge in [-0.15, -0.1) is 0 Å². The lowest BCUT2D eigenvalue weighted by atomic mass is 9.89. The number of hydrogen-bond acceptors (Lipinski definition) is 5. The summed E-state index contributed by atoms with van der Waals surface area (Å²) in [5, 5.41) is 11.9. The first-order valence-electron chi connectivity index (χ1n) is 8.46. The van der Waals surface area contributed by atoms with Crippen LogP contribution in [0.4, 0.5) is 11.4 Å². The maximum atomic E-state index is 10.9. The molecule has 1 aliphatic heterocycles. The first-order valence-corrected chi connectivity index (χ1v) is 9.45. The molecule has 7 heteroatoms. The summed E-state index contributed by atoms with van der Waals surface area (Å²) in [6.45, 7) is 2.09. The summed E-state index contributed by atoms with van der Waals surface area (Å²) in [6.07, 6.45) is 6.68. The van der Waals surface area contributed by atoms with Crippen LogP contribution in [-0.4, -0.2) is 40.9 Å². The van der Waals surface area contributed by atoms with E-state index in [2.05, 4.69) is 4.90 Å². The minimum atomic E-state index is -0.418. The van der Waals surface area contributed by atoms with Gasteiger partial charge in [0.25, 0.3) is 5.69 Å². The minimum absolute atomic E-state index is 0.0222. The van der Waals surface area contributed by atoms with Gasteiger partial charge >= 0.3 is 0 Å². The molecule has 2 aliphatic rings. The number of benzene rings is 1. The van der Waals surface area contributed by atoms with Crippen molar-refractivity contribution in [2.75, 3.05) is 26.0 Å². The van der Waals surface area contributed by atoms with Crippen molar-refractivity contribution < 1.29 is 9.66 Å². The Kier molecular flexibility index (Phi) is 5.60. The van der Waals surface area contributed by atoms with Crippen molar-refractivity contribution in [2.45, 2.75) is 32.1 Å². The standard InChI is InChI=1S/C17H23N3O3S/c1-23-16-11-14(20(21)22)7-8-15(16)18-17-19(9-10-24-17)12-13-5-3-2-4-6-13/h7-8,11,13H,2-6,9-10,12H2,1H3. The van der Waals surface area contributed by atoms with E-state index in [4.69, 9.17) is 9.73 Å². The molecule has 0 bridgehead atoms. The van der Waals surface area contributed by atoms with Gasteiger partial charge < -0.3 is 9.64 Å². The van der Waals surface area contributed by atoms with E-state index in [0.29, 0.717) is 11.4 Å². The lowest BCUT2D eigenvalue weighted by Gasteiger charge is -2.27. The van der Waals surface area contributed by atoms with E-state index < -0.39 is 4.92 Å². The van der Waals surface area contributed by atoms with Crippen molar-refractivity contribution >= 4 is 28.3 Å². The van der Waals surface area contributed by atoms with Crippen LogP contribution in [-0.2, 0) is 0 Å². The van der Waals surface area contributed by atoms with Crippen LogP contribution in [0.1, 0.15) is 32.1 Å². The molecule has 1 heterocycles. The number of amidine groups is 1. The first-order chi connectivity index (χ1) is 11.7. The number of aliphatic imine (C=N–C) groups is 1. The number of methoxy groups -OCH3 is 1. The number of nitrogens with zero attached hydrogens (tertiary/aromatic N) is 3. The highest BCUT2D eigenvalue weighted by molar-refractivity contribution is 8.14. The summed E-state index contributed by atoms with van der Waals surface area (Å²) in [6, 6.07) is 4.58. The smallest absolute Gasteiger partial charge is 0.273 e. The van der Waals surface area contributed by atoms with Gasteiger partial charge in [0.15, 0.2) is 10.9 Å². The summed E-state index contributed by atoms with van der Waals surface area (Å²) in [5.74, 6) is 2.25. The molecular formula is C17H23N3O3S. The van der Waals surface area contributed by atoms with Crippen LogP contribution in [0, 0.1) is 16.0 Å². The zero-order valence-corrected chi connectivity index (χ0v) is 14.8. The van der Waals surface area contributed by atoms with E-state index in [9.17, 15) is 10.1 Å². The Balaban J connectivity index is 1.77. The molecule has 24 heavy (non-hydrogen) atoms. The SMILES string of the molecule is COc1cc([N+](=O)[O-])ccc1N=C1SCCN1CC1CCCCC1. The fourth-order valence-corrected chi connectivity index (χ4v) is 4.37. The molecule has 0 atom stereocenters. The first kappa shape index (κ1) is 17.1. The van der Waals surface area contributed by atoms with Crippen molar-refractivity contribution in [3.05, 3.63) is 28.3 Å². The van der Waals surface area contributed by atoms with Crippen molar-refractivity contribution in [2.24, 2.45) is 10.9 Å². The summed E-state index contributed by atoms with van der Waals surface area (Å²) >= 11 is 1.75. The maximum Gasteiger partial charge on any atom is 0.273 e. The van der Waals surface area contributed by atoms with Gasteiger partial charge in [0.05, 0.1) is 18.1 Å². The van der Waals surface area contributed by atoms with E-state index in [-0.39, 0.29) is 5.69 Å². The topological polar surface area (TPSA) is 68.0 Å². The molecule has 130 valence electrons. The Morgan fingerprint density at radius 3 is 2.88 bits per heavy atom. The number of nitro groups is 1. The molecule has 1 saturated carbocycles. The molecule has 0 aromatic heterocycles. The molecule has 1 saturated heterocycles. The van der Waals surface area contributed by atoms with Gasteiger partial charge in [-0.25, -0.2) is 4.99 Å². The molecule has 0 N–H and O–H groups in total. The number of rotatable bonds is 5. The molecule has 3 rings (SSSR count). The largest absolute Gasteiger partial charge is 0.494 e. The maximum absolute atomic E-state index is 10.9. The highest BCUT2D eigenvalue weighted by Crippen LogP contribution is 2.34. The molecule has 0 amide bonds. The third kappa shape index (κ3) is 4.01. The van der Waals surface area contributed by atoms with Gasteiger partial charge in [0, 0.05) is 24.9 Å². The minimum Gasteiger partial charge on any atom is -0.494 e. The number of nitro benzene ring substituents is 1. The second-order valence-corrected chi connectivity index (χ2v) is 7.37. The molecule has 1 aliphatic carbocycles. The molecule has 0 radical (unpaired) electrons. The molecular weight excluding hydrogens is 326 g/mol. The van der Waals surface area contributed by atoms with E-state index in [1.54, 1.807) is 17.8 Å². The quantitative estimate of drug-likeness (QED) is 0.588. The Hall–Kier alpha value is -1.76. The highest BCUT2D eigenvalue weighted by Gasteiger charge is 2.24. The van der Waals surface area contributed by atoms with Gasteiger partial charge in [-0.05, 0) is 24.8 Å². The fourth-order valence-electron chi connectivity index (χ4n) is 3.36. The van der Waals surface area contributed by atoms with E-state index in [0.717, 1.165) is 29.9 Å². The molecule has 1 aromatic carbocycles. The zero-order valence-electron chi connectivity index (χ0n) is 13.9. The number of thioether (sulfide) groups is 1. The van der Waals surface area contributed by atoms with Gasteiger partial charge in [0.2, 0.25) is 0 Å². The summed E-state index contributed by atoms with van der Waals surface area (Å²) in [4.78, 5) is 17.6. The zero-order chi connectivity index (χ0) is 16.9. The van der Waals surface area contributed by atoms with Crippen LogP contribution in [0.25, 0.3) is 0 Å². The second kappa shape index (κ2) is 7.88. The Morgan fingerprint density at radius 2 is 2.17 bits per heavy atom. The number of hydrogen-bond donors (Lipinski definition) is 0. The highest BCUT2D eigenvalue weighted by atomic mass is 32.2. The van der Waals surface area contributed by atoms with Gasteiger partial charge in [-0.1, -0.05) is 31.0 Å². The summed E-state index contributed by atoms with van der Waals surface area (Å²) in [5.41, 5.74) is 0.676. The van der Waals surface area contributed by atoms with E-state index >= 15 is 0 Å². The van der Waals surface area contributed by atoms with Crippen LogP contribution in [0.2, 0.25) is 0 Å². The van der Waals surface area contributed by atoms with Crippen LogP contribution >= 0.6 is 11.8 Å². The van der Waals surface area contributed by atoms with Crippen LogP contribution in [0.15, 0.2) is 23.2 Å². The molecule has 0 unspecified atom stereocenters. The van der Waals surface area contributed by atoms with Crippen LogP contribution in [0.3, 0.4) is 0 Å². The third-order valence-corrected chi connectivity index (χ3v) is 5.65. The third-order valence-electron chi connectivity index (χ3n) is 4.66. The van der Waals surface area contributed by atoms with Gasteiger partial charge in [-0.3, -0.25) is 10.1 Å². The molecule has 2 fully saturated rings. The van der Waals surface area contributed by atoms with Crippen molar-refractivity contribution in [1.29, 1.82) is 0 Å². The second-order valence-electron chi connectivity index (χ2n) is 6.31. The number of ether oxygens (including phenoxy) is 1. The average molecular weight is 349 g/mol. The lowest BCUT2D eigenvalue weighted by molar-refractivity contribution is -0.384. The normalized spacial score (nSPS) is 20.5. The predicted molar refractivity (Wildman–Crippen MR) is 97.3 cm³/mol. The average Bonchev–Trinajstić information content (AvgIpc) is 3.02. The van der Waals surface area contributed by atoms with Gasteiger partial charge in [-0.2, -0.15) is 0 Å². The Bertz CT molecular complexity index is 630. The van der Waals surface area contributed by atoms with Gasteiger partial charge in [0.1, 0.15) is 5.69 Å². The number of non-ortho nitro benzene ring substituents is 1. The predicted octanol–water partition coefficient (Wildman–Crippen LogP) is 4.22. The van der Waals surface area contributed by atoms with Crippen molar-refractivity contribution in [1.82, 2.24) is 4.90 Å². The van der Waals surface area contributed by atoms with E-state index in [1.807, 2.05) is 0 Å². The van der Waals surface area contributed by atoms with Crippen molar-refractivity contribution in [3.63, 3.8) is 0 Å². The molecule has 1 aromatic rings. The Labute approximate surface area is 146 Å². The fraction of sp³-hybridized carbons (Fsp3) is 0.588. The monoisotopic (exact) mass is 349 g/mol. The lowest BCUT2D eigenvalue weighted by Crippen LogP contribution is -2.31. The summed E-state index contributed by atoms with van der Waals surface area (Å²) < 4.78 is 5.29. The van der Waals surface area contributed by atoms with Crippen LogP contribution < -0.4 is 4.74 Å². The molecule has 0 spiro atoms. The molecule has 6 nitrogen and oxygen atoms in total. The van der Waals surface area contributed by atoms with Crippen LogP contribution in [0.5, 0.6) is 5.75 Å². The van der Waals surface area contributed by atoms with E-state index in [1.165, 1.54) is 51.3 Å². The summed E-state index contributed by atoms with van der Waals surface area (Å²) in [7, 11) is 1.52. The Morgan fingerprint density at radius 1 is 1.38 bits per heavy atom.